The lowest BCUT2D eigenvalue weighted by atomic mass is 10.1. The number of thioether (sulfide) groups is 1. The van der Waals surface area contributed by atoms with Crippen molar-refractivity contribution in [3.63, 3.8) is 0 Å². The largest absolute Gasteiger partial charge is 0.269 e. The average molecular weight is 380 g/mol. The number of benzene rings is 1. The molecule has 3 aromatic heterocycles. The second kappa shape index (κ2) is 7.05. The first-order valence-corrected chi connectivity index (χ1v) is 10.1. The van der Waals surface area contributed by atoms with Crippen LogP contribution in [0.15, 0.2) is 63.0 Å². The maximum atomic E-state index is 12.3. The SMILES string of the molecule is Cc1ccc(-c2csc(SCc3cc(=O)n4c(C)cccc4n3)n2)cc1. The third-order valence-corrected chi connectivity index (χ3v) is 6.16. The fourth-order valence-corrected chi connectivity index (χ4v) is 4.48. The smallest absolute Gasteiger partial charge is 0.258 e. The van der Waals surface area contributed by atoms with Crippen molar-refractivity contribution in [2.75, 3.05) is 0 Å². The van der Waals surface area contributed by atoms with Gasteiger partial charge in [-0.05, 0) is 26.0 Å². The van der Waals surface area contributed by atoms with Crippen LogP contribution in [0.2, 0.25) is 0 Å². The van der Waals surface area contributed by atoms with Crippen LogP contribution in [0.1, 0.15) is 17.0 Å². The van der Waals surface area contributed by atoms with Crippen LogP contribution < -0.4 is 5.56 Å². The maximum Gasteiger partial charge on any atom is 0.258 e. The lowest BCUT2D eigenvalue weighted by Crippen LogP contribution is -2.17. The van der Waals surface area contributed by atoms with Crippen molar-refractivity contribution in [2.45, 2.75) is 23.9 Å². The van der Waals surface area contributed by atoms with Crippen LogP contribution in [-0.4, -0.2) is 14.4 Å². The molecule has 6 heteroatoms. The number of rotatable bonds is 4. The van der Waals surface area contributed by atoms with Gasteiger partial charge in [-0.3, -0.25) is 9.20 Å². The van der Waals surface area contributed by atoms with Crippen LogP contribution in [0.25, 0.3) is 16.9 Å². The van der Waals surface area contributed by atoms with Gasteiger partial charge in [-0.15, -0.1) is 11.3 Å². The summed E-state index contributed by atoms with van der Waals surface area (Å²) in [4.78, 5) is 21.6. The minimum atomic E-state index is -0.0387. The summed E-state index contributed by atoms with van der Waals surface area (Å²) in [5, 5.41) is 2.07. The Labute approximate surface area is 159 Å². The Kier molecular flexibility index (Phi) is 4.61. The highest BCUT2D eigenvalue weighted by atomic mass is 32.2. The summed E-state index contributed by atoms with van der Waals surface area (Å²) < 4.78 is 2.61. The maximum absolute atomic E-state index is 12.3. The van der Waals surface area contributed by atoms with Gasteiger partial charge < -0.3 is 0 Å². The fourth-order valence-electron chi connectivity index (χ4n) is 2.75. The van der Waals surface area contributed by atoms with Crippen molar-refractivity contribution in [2.24, 2.45) is 0 Å². The second-order valence-corrected chi connectivity index (χ2v) is 8.18. The molecule has 0 aliphatic rings. The van der Waals surface area contributed by atoms with Crippen LogP contribution in [0.5, 0.6) is 0 Å². The molecule has 0 N–H and O–H groups in total. The van der Waals surface area contributed by atoms with Crippen LogP contribution in [-0.2, 0) is 5.75 Å². The molecule has 0 saturated heterocycles. The average Bonchev–Trinajstić information content (AvgIpc) is 3.09. The quantitative estimate of drug-likeness (QED) is 0.481. The number of hydrogen-bond donors (Lipinski definition) is 0. The van der Waals surface area contributed by atoms with E-state index < -0.39 is 0 Å². The van der Waals surface area contributed by atoms with Gasteiger partial charge >= 0.3 is 0 Å². The van der Waals surface area contributed by atoms with E-state index in [0.29, 0.717) is 11.4 Å². The van der Waals surface area contributed by atoms with Gasteiger partial charge in [0.1, 0.15) is 5.65 Å². The second-order valence-electron chi connectivity index (χ2n) is 6.10. The van der Waals surface area contributed by atoms with Gasteiger partial charge in [0.05, 0.1) is 11.4 Å². The molecule has 0 saturated carbocycles. The van der Waals surface area contributed by atoms with Crippen LogP contribution in [0.4, 0.5) is 0 Å². The molecule has 4 nitrogen and oxygen atoms in total. The minimum absolute atomic E-state index is 0.0387. The van der Waals surface area contributed by atoms with Crippen molar-refractivity contribution < 1.29 is 0 Å². The first kappa shape index (κ1) is 17.0. The standard InChI is InChI=1S/C20H17N3OS2/c1-13-6-8-15(9-7-13)17-12-26-20(22-17)25-11-16-10-19(24)23-14(2)4-3-5-18(23)21-16/h3-10,12H,11H2,1-2H3. The van der Waals surface area contributed by atoms with E-state index in [1.807, 2.05) is 25.1 Å². The van der Waals surface area contributed by atoms with Crippen molar-refractivity contribution in [1.82, 2.24) is 14.4 Å². The lowest BCUT2D eigenvalue weighted by molar-refractivity contribution is 0.968. The number of aryl methyl sites for hydroxylation is 2. The predicted octanol–water partition coefficient (Wildman–Crippen LogP) is 4.73. The molecule has 0 amide bonds. The molecule has 26 heavy (non-hydrogen) atoms. The van der Waals surface area contributed by atoms with E-state index in [4.69, 9.17) is 4.98 Å². The molecule has 0 spiro atoms. The summed E-state index contributed by atoms with van der Waals surface area (Å²) in [6, 6.07) is 15.7. The first-order chi connectivity index (χ1) is 12.6. The Morgan fingerprint density at radius 2 is 1.88 bits per heavy atom. The van der Waals surface area contributed by atoms with E-state index in [0.717, 1.165) is 27.0 Å². The number of fused-ring (bicyclic) bond motifs is 1. The van der Waals surface area contributed by atoms with Crippen molar-refractivity contribution >= 4 is 28.7 Å². The third kappa shape index (κ3) is 3.43. The van der Waals surface area contributed by atoms with Gasteiger partial charge in [0.2, 0.25) is 0 Å². The van der Waals surface area contributed by atoms with Crippen molar-refractivity contribution in [1.29, 1.82) is 0 Å². The summed E-state index contributed by atoms with van der Waals surface area (Å²) in [5.41, 5.74) is 5.66. The molecule has 1 aromatic carbocycles. The molecule has 0 aliphatic carbocycles. The van der Waals surface area contributed by atoms with Gasteiger partial charge in [0.25, 0.3) is 5.56 Å². The Balaban J connectivity index is 1.54. The van der Waals surface area contributed by atoms with Gasteiger partial charge in [-0.2, -0.15) is 0 Å². The monoisotopic (exact) mass is 379 g/mol. The zero-order chi connectivity index (χ0) is 18.1. The van der Waals surface area contributed by atoms with Crippen LogP contribution >= 0.6 is 23.1 Å². The highest BCUT2D eigenvalue weighted by Crippen LogP contribution is 2.30. The van der Waals surface area contributed by atoms with Gasteiger partial charge in [0, 0.05) is 28.5 Å². The topological polar surface area (TPSA) is 47.3 Å². The Bertz CT molecular complexity index is 1130. The van der Waals surface area contributed by atoms with Gasteiger partial charge in [-0.25, -0.2) is 9.97 Å². The van der Waals surface area contributed by atoms with Gasteiger partial charge in [-0.1, -0.05) is 47.7 Å². The molecule has 0 fully saturated rings. The van der Waals surface area contributed by atoms with Gasteiger partial charge in [0.15, 0.2) is 4.34 Å². The summed E-state index contributed by atoms with van der Waals surface area (Å²) in [6.07, 6.45) is 0. The first-order valence-electron chi connectivity index (χ1n) is 8.24. The Hall–Kier alpha value is -2.44. The third-order valence-electron chi connectivity index (χ3n) is 4.11. The molecule has 4 rings (SSSR count). The normalized spacial score (nSPS) is 11.2. The number of pyridine rings is 1. The summed E-state index contributed by atoms with van der Waals surface area (Å²) in [5.74, 6) is 0.626. The molecule has 0 bridgehead atoms. The molecule has 0 aliphatic heterocycles. The Morgan fingerprint density at radius 3 is 2.69 bits per heavy atom. The highest BCUT2D eigenvalue weighted by molar-refractivity contribution is 8.00. The predicted molar refractivity (Wildman–Crippen MR) is 108 cm³/mol. The molecule has 3 heterocycles. The van der Waals surface area contributed by atoms with E-state index in [-0.39, 0.29) is 5.56 Å². The molecular weight excluding hydrogens is 362 g/mol. The summed E-state index contributed by atoms with van der Waals surface area (Å²) in [6.45, 7) is 3.99. The fraction of sp³-hybridized carbons (Fsp3) is 0.150. The van der Waals surface area contributed by atoms with E-state index >= 15 is 0 Å². The Morgan fingerprint density at radius 1 is 1.08 bits per heavy atom. The molecule has 0 radical (unpaired) electrons. The van der Waals surface area contributed by atoms with E-state index in [1.54, 1.807) is 33.6 Å². The van der Waals surface area contributed by atoms with Crippen molar-refractivity contribution in [3.8, 4) is 11.3 Å². The van der Waals surface area contributed by atoms with Crippen LogP contribution in [0.3, 0.4) is 0 Å². The van der Waals surface area contributed by atoms with E-state index in [2.05, 4.69) is 41.6 Å². The zero-order valence-electron chi connectivity index (χ0n) is 14.5. The number of thiazole rings is 1. The number of hydrogen-bond acceptors (Lipinski definition) is 5. The molecular formula is C20H17N3OS2. The summed E-state index contributed by atoms with van der Waals surface area (Å²) in [7, 11) is 0. The number of nitrogens with zero attached hydrogens (tertiary/aromatic N) is 3. The molecule has 130 valence electrons. The molecule has 0 atom stereocenters. The number of aromatic nitrogens is 3. The van der Waals surface area contributed by atoms with E-state index in [9.17, 15) is 4.79 Å². The molecule has 0 unspecified atom stereocenters. The molecule has 4 aromatic rings. The summed E-state index contributed by atoms with van der Waals surface area (Å²) >= 11 is 3.23. The van der Waals surface area contributed by atoms with Crippen molar-refractivity contribution in [3.05, 3.63) is 81.2 Å². The van der Waals surface area contributed by atoms with Crippen LogP contribution in [0, 0.1) is 13.8 Å². The van der Waals surface area contributed by atoms with E-state index in [1.165, 1.54) is 5.56 Å². The lowest BCUT2D eigenvalue weighted by Gasteiger charge is -2.05. The zero-order valence-corrected chi connectivity index (χ0v) is 16.1. The highest BCUT2D eigenvalue weighted by Gasteiger charge is 2.08. The minimum Gasteiger partial charge on any atom is -0.269 e.